The number of esters is 1. The molecule has 106 valence electrons. The Morgan fingerprint density at radius 3 is 2.85 bits per heavy atom. The third-order valence-electron chi connectivity index (χ3n) is 2.69. The predicted octanol–water partition coefficient (Wildman–Crippen LogP) is 2.78. The van der Waals surface area contributed by atoms with E-state index < -0.39 is 0 Å². The summed E-state index contributed by atoms with van der Waals surface area (Å²) in [4.78, 5) is 15.6. The van der Waals surface area contributed by atoms with Crippen LogP contribution in [-0.2, 0) is 15.3 Å². The van der Waals surface area contributed by atoms with Gasteiger partial charge in [0.2, 0.25) is 0 Å². The number of carbonyl (C=O) groups excluding carboxylic acids is 1. The van der Waals surface area contributed by atoms with E-state index in [1.165, 1.54) is 7.11 Å². The average Bonchev–Trinajstić information content (AvgIpc) is 2.96. The van der Waals surface area contributed by atoms with E-state index in [2.05, 4.69) is 14.9 Å². The molecule has 0 bridgehead atoms. The van der Waals surface area contributed by atoms with Gasteiger partial charge in [0.15, 0.2) is 5.82 Å². The monoisotopic (exact) mass is 292 g/mol. The molecule has 1 aromatic carbocycles. The molecular formula is C14H16N2O3S. The van der Waals surface area contributed by atoms with E-state index >= 15 is 0 Å². The number of methoxy groups -OCH3 is 1. The van der Waals surface area contributed by atoms with E-state index in [-0.39, 0.29) is 11.9 Å². The first-order valence-electron chi connectivity index (χ1n) is 6.24. The Morgan fingerprint density at radius 2 is 2.15 bits per heavy atom. The van der Waals surface area contributed by atoms with Gasteiger partial charge in [0, 0.05) is 11.3 Å². The molecule has 0 saturated carbocycles. The van der Waals surface area contributed by atoms with Gasteiger partial charge in [0.05, 0.1) is 18.8 Å². The molecule has 0 N–H and O–H groups in total. The number of hydrogen-bond donors (Lipinski definition) is 0. The highest BCUT2D eigenvalue weighted by Crippen LogP contribution is 2.19. The van der Waals surface area contributed by atoms with Crippen molar-refractivity contribution in [1.29, 1.82) is 0 Å². The summed E-state index contributed by atoms with van der Waals surface area (Å²) in [6.07, 6.45) is 0. The first-order valence-corrected chi connectivity index (χ1v) is 7.39. The first-order chi connectivity index (χ1) is 9.70. The van der Waals surface area contributed by atoms with E-state index in [0.717, 1.165) is 5.56 Å². The van der Waals surface area contributed by atoms with Crippen LogP contribution in [0, 0.1) is 5.92 Å². The largest absolute Gasteiger partial charge is 0.469 e. The maximum Gasteiger partial charge on any atom is 0.309 e. The van der Waals surface area contributed by atoms with E-state index in [0.29, 0.717) is 23.2 Å². The second kappa shape index (κ2) is 7.09. The van der Waals surface area contributed by atoms with Gasteiger partial charge in [-0.3, -0.25) is 4.79 Å². The van der Waals surface area contributed by atoms with Crippen molar-refractivity contribution in [2.24, 2.45) is 5.92 Å². The summed E-state index contributed by atoms with van der Waals surface area (Å²) in [7, 11) is 1.40. The lowest BCUT2D eigenvalue weighted by Gasteiger charge is -2.06. The Labute approximate surface area is 121 Å². The summed E-state index contributed by atoms with van der Waals surface area (Å²) in [5.41, 5.74) is 0.902. The molecule has 0 radical (unpaired) electrons. The molecule has 1 unspecified atom stereocenters. The molecule has 0 aliphatic rings. The van der Waals surface area contributed by atoms with Crippen molar-refractivity contribution in [2.75, 3.05) is 12.9 Å². The number of hydrogen-bond acceptors (Lipinski definition) is 6. The fraction of sp³-hybridized carbons (Fsp3) is 0.357. The molecule has 1 atom stereocenters. The smallest absolute Gasteiger partial charge is 0.309 e. The molecule has 2 rings (SSSR count). The molecule has 2 aromatic rings. The Bertz CT molecular complexity index is 557. The van der Waals surface area contributed by atoms with Crippen molar-refractivity contribution in [3.8, 4) is 11.5 Å². The van der Waals surface area contributed by atoms with Gasteiger partial charge in [-0.05, 0) is 12.1 Å². The highest BCUT2D eigenvalue weighted by Gasteiger charge is 2.14. The molecule has 6 heteroatoms. The number of thioether (sulfide) groups is 1. The molecule has 0 saturated heterocycles. The van der Waals surface area contributed by atoms with Crippen LogP contribution >= 0.6 is 11.8 Å². The van der Waals surface area contributed by atoms with Gasteiger partial charge in [-0.25, -0.2) is 0 Å². The van der Waals surface area contributed by atoms with Gasteiger partial charge in [0.25, 0.3) is 5.89 Å². The topological polar surface area (TPSA) is 65.2 Å². The summed E-state index contributed by atoms with van der Waals surface area (Å²) in [5.74, 6) is 2.09. The van der Waals surface area contributed by atoms with Crippen molar-refractivity contribution in [1.82, 2.24) is 10.1 Å². The first kappa shape index (κ1) is 14.6. The van der Waals surface area contributed by atoms with Crippen LogP contribution < -0.4 is 0 Å². The quantitative estimate of drug-likeness (QED) is 0.763. The maximum atomic E-state index is 11.3. The van der Waals surface area contributed by atoms with Crippen molar-refractivity contribution in [3.05, 3.63) is 36.2 Å². The van der Waals surface area contributed by atoms with Crippen LogP contribution in [0.3, 0.4) is 0 Å². The van der Waals surface area contributed by atoms with E-state index in [1.807, 2.05) is 37.3 Å². The molecule has 5 nitrogen and oxygen atoms in total. The number of carbonyl (C=O) groups is 1. The minimum absolute atomic E-state index is 0.134. The normalized spacial score (nSPS) is 12.1. The van der Waals surface area contributed by atoms with Crippen molar-refractivity contribution in [3.63, 3.8) is 0 Å². The second-order valence-corrected chi connectivity index (χ2v) is 5.35. The molecule has 1 aromatic heterocycles. The van der Waals surface area contributed by atoms with Crippen molar-refractivity contribution < 1.29 is 14.1 Å². The molecule has 1 heterocycles. The average molecular weight is 292 g/mol. The molecule has 20 heavy (non-hydrogen) atoms. The summed E-state index contributed by atoms with van der Waals surface area (Å²) in [6, 6.07) is 9.62. The summed E-state index contributed by atoms with van der Waals surface area (Å²) >= 11 is 1.58. The number of aromatic nitrogens is 2. The zero-order valence-electron chi connectivity index (χ0n) is 11.4. The van der Waals surface area contributed by atoms with Crippen LogP contribution in [0.5, 0.6) is 0 Å². The number of ether oxygens (including phenoxy) is 1. The van der Waals surface area contributed by atoms with Gasteiger partial charge in [-0.15, -0.1) is 0 Å². The summed E-state index contributed by atoms with van der Waals surface area (Å²) in [6.45, 7) is 1.84. The Hall–Kier alpha value is -1.82. The van der Waals surface area contributed by atoms with E-state index in [4.69, 9.17) is 4.52 Å². The molecule has 0 fully saturated rings. The van der Waals surface area contributed by atoms with Gasteiger partial charge in [-0.2, -0.15) is 16.7 Å². The van der Waals surface area contributed by atoms with Crippen LogP contribution in [0.25, 0.3) is 11.5 Å². The lowest BCUT2D eigenvalue weighted by molar-refractivity contribution is -0.143. The molecular weight excluding hydrogens is 276 g/mol. The maximum absolute atomic E-state index is 11.3. The zero-order chi connectivity index (χ0) is 14.4. The van der Waals surface area contributed by atoms with Crippen molar-refractivity contribution in [2.45, 2.75) is 12.7 Å². The third-order valence-corrected chi connectivity index (χ3v) is 3.89. The SMILES string of the molecule is COC(=O)C(C)CSCc1noc(-c2ccccc2)n1. The van der Waals surface area contributed by atoms with Gasteiger partial charge in [0.1, 0.15) is 0 Å². The molecule has 0 spiro atoms. The second-order valence-electron chi connectivity index (χ2n) is 4.32. The Balaban J connectivity index is 1.86. The van der Waals surface area contributed by atoms with E-state index in [9.17, 15) is 4.79 Å². The van der Waals surface area contributed by atoms with Crippen LogP contribution in [0.2, 0.25) is 0 Å². The van der Waals surface area contributed by atoms with Gasteiger partial charge >= 0.3 is 5.97 Å². The zero-order valence-corrected chi connectivity index (χ0v) is 12.2. The minimum Gasteiger partial charge on any atom is -0.469 e. The molecule has 0 amide bonds. The third kappa shape index (κ3) is 3.84. The molecule has 0 aliphatic carbocycles. The van der Waals surface area contributed by atoms with Crippen LogP contribution in [0.4, 0.5) is 0 Å². The molecule has 0 aliphatic heterocycles. The number of nitrogens with zero attached hydrogens (tertiary/aromatic N) is 2. The standard InChI is InChI=1S/C14H16N2O3S/c1-10(14(17)18-2)8-20-9-12-15-13(19-16-12)11-6-4-3-5-7-11/h3-7,10H,8-9H2,1-2H3. The fourth-order valence-electron chi connectivity index (χ4n) is 1.61. The summed E-state index contributed by atoms with van der Waals surface area (Å²) < 4.78 is 9.89. The fourth-order valence-corrected chi connectivity index (χ4v) is 2.51. The lowest BCUT2D eigenvalue weighted by atomic mass is 10.2. The van der Waals surface area contributed by atoms with Gasteiger partial charge < -0.3 is 9.26 Å². The highest BCUT2D eigenvalue weighted by atomic mass is 32.2. The summed E-state index contributed by atoms with van der Waals surface area (Å²) in [5, 5.41) is 3.93. The van der Waals surface area contributed by atoms with E-state index in [1.54, 1.807) is 11.8 Å². The lowest BCUT2D eigenvalue weighted by Crippen LogP contribution is -2.14. The minimum atomic E-state index is -0.199. The number of rotatable bonds is 6. The van der Waals surface area contributed by atoms with Crippen LogP contribution in [0.15, 0.2) is 34.9 Å². The van der Waals surface area contributed by atoms with Gasteiger partial charge in [-0.1, -0.05) is 30.3 Å². The van der Waals surface area contributed by atoms with Crippen molar-refractivity contribution >= 4 is 17.7 Å². The number of benzene rings is 1. The Morgan fingerprint density at radius 1 is 1.40 bits per heavy atom. The van der Waals surface area contributed by atoms with Crippen LogP contribution in [-0.4, -0.2) is 29.0 Å². The Kier molecular flexibility index (Phi) is 5.17. The highest BCUT2D eigenvalue weighted by molar-refractivity contribution is 7.98. The predicted molar refractivity (Wildman–Crippen MR) is 77.1 cm³/mol. The van der Waals surface area contributed by atoms with Crippen LogP contribution in [0.1, 0.15) is 12.7 Å².